The highest BCUT2D eigenvalue weighted by Gasteiger charge is 2.29. The third-order valence-corrected chi connectivity index (χ3v) is 8.18. The van der Waals surface area contributed by atoms with Crippen molar-refractivity contribution in [3.63, 3.8) is 0 Å². The van der Waals surface area contributed by atoms with Gasteiger partial charge in [-0.2, -0.15) is 0 Å². The Morgan fingerprint density at radius 2 is 1.70 bits per heavy atom. The maximum atomic E-state index is 13.5. The molecule has 0 heterocycles. The Morgan fingerprint density at radius 1 is 1.03 bits per heavy atom. The molecule has 2 amide bonds. The van der Waals surface area contributed by atoms with Crippen LogP contribution in [0.3, 0.4) is 0 Å². The fourth-order valence-electron chi connectivity index (χ4n) is 4.02. The Kier molecular flexibility index (Phi) is 11.7. The van der Waals surface area contributed by atoms with Crippen molar-refractivity contribution in [2.75, 3.05) is 17.1 Å². The predicted molar refractivity (Wildman–Crippen MR) is 152 cm³/mol. The molecule has 1 N–H and O–H groups in total. The highest BCUT2D eigenvalue weighted by molar-refractivity contribution is 7.92. The molecule has 0 aliphatic heterocycles. The molecule has 0 saturated carbocycles. The van der Waals surface area contributed by atoms with E-state index in [-0.39, 0.29) is 37.4 Å². The van der Waals surface area contributed by atoms with E-state index in [9.17, 15) is 18.0 Å². The van der Waals surface area contributed by atoms with Gasteiger partial charge in [0, 0.05) is 25.6 Å². The van der Waals surface area contributed by atoms with Gasteiger partial charge in [-0.1, -0.05) is 61.3 Å². The highest BCUT2D eigenvalue weighted by atomic mass is 35.5. The molecule has 0 spiro atoms. The minimum absolute atomic E-state index is 0.0269. The zero-order valence-electron chi connectivity index (χ0n) is 22.1. The van der Waals surface area contributed by atoms with Gasteiger partial charge in [0.25, 0.3) is 0 Å². The van der Waals surface area contributed by atoms with E-state index >= 15 is 0 Å². The molecule has 2 atom stereocenters. The molecule has 10 heteroatoms. The number of nitrogens with zero attached hydrogens (tertiary/aromatic N) is 2. The first kappa shape index (κ1) is 30.9. The first-order valence-electron chi connectivity index (χ1n) is 12.5. The van der Waals surface area contributed by atoms with Gasteiger partial charge in [0.15, 0.2) is 0 Å². The quantitative estimate of drug-likeness (QED) is 0.341. The number of benzene rings is 2. The molecule has 0 fully saturated rings. The topological polar surface area (TPSA) is 86.8 Å². The second-order valence-electron chi connectivity index (χ2n) is 9.24. The summed E-state index contributed by atoms with van der Waals surface area (Å²) >= 11 is 12.3. The van der Waals surface area contributed by atoms with Crippen molar-refractivity contribution in [1.29, 1.82) is 0 Å². The van der Waals surface area contributed by atoms with Crippen molar-refractivity contribution >= 4 is 50.7 Å². The minimum atomic E-state index is -3.55. The molecule has 0 radical (unpaired) electrons. The van der Waals surface area contributed by atoms with Gasteiger partial charge in [0.1, 0.15) is 6.04 Å². The van der Waals surface area contributed by atoms with Crippen LogP contribution >= 0.6 is 23.2 Å². The van der Waals surface area contributed by atoms with Crippen LogP contribution in [0.25, 0.3) is 0 Å². The Bertz CT molecular complexity index is 1190. The van der Waals surface area contributed by atoms with Crippen molar-refractivity contribution < 1.29 is 18.0 Å². The normalized spacial score (nSPS) is 13.1. The molecule has 0 aliphatic rings. The number of para-hydroxylation sites is 1. The van der Waals surface area contributed by atoms with Crippen molar-refractivity contribution in [3.8, 4) is 0 Å². The smallest absolute Gasteiger partial charge is 0.243 e. The van der Waals surface area contributed by atoms with Crippen LogP contribution in [0.5, 0.6) is 0 Å². The predicted octanol–water partition coefficient (Wildman–Crippen LogP) is 5.57. The maximum Gasteiger partial charge on any atom is 0.243 e. The summed E-state index contributed by atoms with van der Waals surface area (Å²) in [4.78, 5) is 28.2. The van der Waals surface area contributed by atoms with Crippen molar-refractivity contribution in [3.05, 3.63) is 63.6 Å². The lowest BCUT2D eigenvalue weighted by Gasteiger charge is -2.32. The SMILES string of the molecule is CC[C@@H](C)NC(=O)[C@H](CC)N(Cc1ccc(Cl)c(Cl)c1)C(=O)CCCN(c1ccccc1C)S(C)(=O)=O. The number of hydrogen-bond donors (Lipinski definition) is 1. The summed E-state index contributed by atoms with van der Waals surface area (Å²) in [6, 6.07) is 11.6. The fourth-order valence-corrected chi connectivity index (χ4v) is 5.36. The van der Waals surface area contributed by atoms with E-state index in [4.69, 9.17) is 23.2 Å². The van der Waals surface area contributed by atoms with E-state index in [1.54, 1.807) is 35.2 Å². The lowest BCUT2D eigenvalue weighted by Crippen LogP contribution is -2.50. The summed E-state index contributed by atoms with van der Waals surface area (Å²) in [6.45, 7) is 7.92. The van der Waals surface area contributed by atoms with Gasteiger partial charge in [-0.05, 0) is 62.4 Å². The van der Waals surface area contributed by atoms with E-state index in [0.29, 0.717) is 28.6 Å². The first-order valence-corrected chi connectivity index (χ1v) is 15.1. The number of sulfonamides is 1. The van der Waals surface area contributed by atoms with Gasteiger partial charge < -0.3 is 10.2 Å². The molecule has 7 nitrogen and oxygen atoms in total. The monoisotopic (exact) mass is 569 g/mol. The molecule has 0 unspecified atom stereocenters. The second kappa shape index (κ2) is 14.0. The summed E-state index contributed by atoms with van der Waals surface area (Å²) in [5.41, 5.74) is 2.16. The molecular formula is C27H37Cl2N3O4S. The van der Waals surface area contributed by atoms with Gasteiger partial charge in [0.05, 0.1) is 22.0 Å². The van der Waals surface area contributed by atoms with Gasteiger partial charge in [-0.25, -0.2) is 8.42 Å². The number of aryl methyl sites for hydroxylation is 1. The standard InChI is InChI=1S/C27H37Cl2N3O4S/c1-6-20(4)30-27(34)24(7-2)31(18-21-14-15-22(28)23(29)17-21)26(33)13-10-16-32(37(5,35)36)25-12-9-8-11-19(25)3/h8-9,11-12,14-15,17,20,24H,6-7,10,13,16,18H2,1-5H3,(H,30,34)/t20-,24+/m1/s1. The number of hydrogen-bond acceptors (Lipinski definition) is 4. The molecule has 2 rings (SSSR count). The summed E-state index contributed by atoms with van der Waals surface area (Å²) in [5, 5.41) is 3.75. The molecule has 0 bridgehead atoms. The Balaban J connectivity index is 2.26. The van der Waals surface area contributed by atoms with E-state index in [0.717, 1.165) is 23.8 Å². The fraction of sp³-hybridized carbons (Fsp3) is 0.481. The van der Waals surface area contributed by atoms with Crippen molar-refractivity contribution in [1.82, 2.24) is 10.2 Å². The number of amides is 2. The van der Waals surface area contributed by atoms with Crippen LogP contribution in [-0.4, -0.2) is 50.0 Å². The molecule has 2 aromatic carbocycles. The number of rotatable bonds is 13. The average molecular weight is 571 g/mol. The zero-order chi connectivity index (χ0) is 27.8. The minimum Gasteiger partial charge on any atom is -0.352 e. The van der Waals surface area contributed by atoms with Crippen LogP contribution in [0.1, 0.15) is 57.6 Å². The molecule has 0 aliphatic carbocycles. The average Bonchev–Trinajstić information content (AvgIpc) is 2.83. The van der Waals surface area contributed by atoms with Crippen LogP contribution < -0.4 is 9.62 Å². The van der Waals surface area contributed by atoms with Gasteiger partial charge in [0.2, 0.25) is 21.8 Å². The molecule has 0 aromatic heterocycles. The highest BCUT2D eigenvalue weighted by Crippen LogP contribution is 2.25. The lowest BCUT2D eigenvalue weighted by atomic mass is 10.1. The largest absolute Gasteiger partial charge is 0.352 e. The molecule has 2 aromatic rings. The van der Waals surface area contributed by atoms with Crippen molar-refractivity contribution in [2.24, 2.45) is 0 Å². The lowest BCUT2D eigenvalue weighted by molar-refractivity contribution is -0.141. The van der Waals surface area contributed by atoms with Crippen LogP contribution in [0, 0.1) is 6.92 Å². The third-order valence-electron chi connectivity index (χ3n) is 6.26. The van der Waals surface area contributed by atoms with Crippen LogP contribution in [0.15, 0.2) is 42.5 Å². The van der Waals surface area contributed by atoms with Crippen molar-refractivity contribution in [2.45, 2.75) is 72.0 Å². The van der Waals surface area contributed by atoms with Crippen LogP contribution in [0.2, 0.25) is 10.0 Å². The molecule has 0 saturated heterocycles. The molecular weight excluding hydrogens is 533 g/mol. The maximum absolute atomic E-state index is 13.5. The number of nitrogens with one attached hydrogen (secondary N) is 1. The van der Waals surface area contributed by atoms with E-state index in [1.807, 2.05) is 39.8 Å². The van der Waals surface area contributed by atoms with E-state index in [1.165, 1.54) is 4.31 Å². The molecule has 37 heavy (non-hydrogen) atoms. The summed E-state index contributed by atoms with van der Waals surface area (Å²) in [7, 11) is -3.55. The number of carbonyl (C=O) groups is 2. The van der Waals surface area contributed by atoms with Gasteiger partial charge in [-0.3, -0.25) is 13.9 Å². The number of halogens is 2. The Morgan fingerprint density at radius 3 is 2.27 bits per heavy atom. The third kappa shape index (κ3) is 8.90. The number of carbonyl (C=O) groups excluding carboxylic acids is 2. The summed E-state index contributed by atoms with van der Waals surface area (Å²) in [5.74, 6) is -0.460. The molecule has 204 valence electrons. The van der Waals surface area contributed by atoms with E-state index in [2.05, 4.69) is 5.32 Å². The van der Waals surface area contributed by atoms with Gasteiger partial charge >= 0.3 is 0 Å². The van der Waals surface area contributed by atoms with Gasteiger partial charge in [-0.15, -0.1) is 0 Å². The second-order valence-corrected chi connectivity index (χ2v) is 12.0. The van der Waals surface area contributed by atoms with Crippen LogP contribution in [0.4, 0.5) is 5.69 Å². The summed E-state index contributed by atoms with van der Waals surface area (Å²) < 4.78 is 26.4. The Hall–Kier alpha value is -2.29. The number of anilines is 1. The van der Waals surface area contributed by atoms with Crippen LogP contribution in [-0.2, 0) is 26.2 Å². The van der Waals surface area contributed by atoms with E-state index < -0.39 is 16.1 Å². The Labute approximate surface area is 231 Å². The summed E-state index contributed by atoms with van der Waals surface area (Å²) in [6.07, 6.45) is 2.72. The first-order chi connectivity index (χ1) is 17.4. The zero-order valence-corrected chi connectivity index (χ0v) is 24.5.